The van der Waals surface area contributed by atoms with E-state index in [1.807, 2.05) is 0 Å². The molecule has 0 aromatic heterocycles. The Morgan fingerprint density at radius 2 is 1.83 bits per heavy atom. The fraction of sp³-hybridized carbons (Fsp3) is 1.00. The van der Waals surface area contributed by atoms with Crippen molar-refractivity contribution in [3.63, 3.8) is 0 Å². The van der Waals surface area contributed by atoms with Crippen molar-refractivity contribution in [3.05, 3.63) is 0 Å². The Morgan fingerprint density at radius 3 is 2.56 bits per heavy atom. The summed E-state index contributed by atoms with van der Waals surface area (Å²) in [6.45, 7) is 5.33. The van der Waals surface area contributed by atoms with Gasteiger partial charge in [0.05, 0.1) is 0 Å². The van der Waals surface area contributed by atoms with Crippen molar-refractivity contribution in [3.8, 4) is 0 Å². The van der Waals surface area contributed by atoms with E-state index in [4.69, 9.17) is 4.74 Å². The van der Waals surface area contributed by atoms with E-state index in [0.29, 0.717) is 6.04 Å². The molecule has 1 aliphatic carbocycles. The highest BCUT2D eigenvalue weighted by Crippen LogP contribution is 2.26. The highest BCUT2D eigenvalue weighted by Gasteiger charge is 2.31. The first-order valence-corrected chi connectivity index (χ1v) is 7.86. The van der Waals surface area contributed by atoms with Crippen LogP contribution in [0.15, 0.2) is 0 Å². The van der Waals surface area contributed by atoms with Gasteiger partial charge < -0.3 is 10.1 Å². The summed E-state index contributed by atoms with van der Waals surface area (Å²) in [5, 5.41) is 3.77. The second-order valence-corrected chi connectivity index (χ2v) is 5.92. The Balaban J connectivity index is 1.89. The van der Waals surface area contributed by atoms with Crippen molar-refractivity contribution in [2.75, 3.05) is 26.8 Å². The summed E-state index contributed by atoms with van der Waals surface area (Å²) in [6.07, 6.45) is 9.21. The van der Waals surface area contributed by atoms with Crippen molar-refractivity contribution >= 4 is 0 Å². The second-order valence-electron chi connectivity index (χ2n) is 5.92. The van der Waals surface area contributed by atoms with E-state index in [1.54, 1.807) is 0 Å². The summed E-state index contributed by atoms with van der Waals surface area (Å²) in [7, 11) is 2.34. The summed E-state index contributed by atoms with van der Waals surface area (Å²) in [4.78, 5) is 2.66. The fourth-order valence-corrected chi connectivity index (χ4v) is 3.53. The number of hydrogen-bond donors (Lipinski definition) is 1. The quantitative estimate of drug-likeness (QED) is 0.815. The van der Waals surface area contributed by atoms with E-state index in [-0.39, 0.29) is 0 Å². The van der Waals surface area contributed by atoms with Gasteiger partial charge in [-0.3, -0.25) is 4.90 Å². The predicted molar refractivity (Wildman–Crippen MR) is 75.9 cm³/mol. The largest absolute Gasteiger partial charge is 0.381 e. The Kier molecular flexibility index (Phi) is 5.93. The van der Waals surface area contributed by atoms with E-state index in [0.717, 1.165) is 25.3 Å². The molecule has 1 N–H and O–H groups in total. The molecule has 1 aliphatic heterocycles. The van der Waals surface area contributed by atoms with Gasteiger partial charge in [0.1, 0.15) is 0 Å². The smallest absolute Gasteiger partial charge is 0.0480 e. The minimum Gasteiger partial charge on any atom is -0.381 e. The van der Waals surface area contributed by atoms with Crippen LogP contribution in [-0.2, 0) is 4.74 Å². The van der Waals surface area contributed by atoms with Crippen molar-refractivity contribution in [2.24, 2.45) is 0 Å². The fourth-order valence-electron chi connectivity index (χ4n) is 3.53. The van der Waals surface area contributed by atoms with Crippen molar-refractivity contribution in [1.29, 1.82) is 0 Å². The summed E-state index contributed by atoms with van der Waals surface area (Å²) in [5.74, 6) is 0. The number of nitrogens with one attached hydrogen (secondary N) is 1. The first-order valence-electron chi connectivity index (χ1n) is 7.86. The third-order valence-corrected chi connectivity index (χ3v) is 4.68. The van der Waals surface area contributed by atoms with Crippen molar-refractivity contribution in [1.82, 2.24) is 10.2 Å². The highest BCUT2D eigenvalue weighted by atomic mass is 16.5. The SMILES string of the molecule is CCCNC1CCCCC1N(C)C1CCOCC1. The van der Waals surface area contributed by atoms with Crippen LogP contribution >= 0.6 is 0 Å². The van der Waals surface area contributed by atoms with Gasteiger partial charge in [0.2, 0.25) is 0 Å². The van der Waals surface area contributed by atoms with Crippen LogP contribution < -0.4 is 5.32 Å². The molecule has 3 nitrogen and oxygen atoms in total. The molecule has 2 fully saturated rings. The molecule has 1 saturated carbocycles. The molecule has 106 valence electrons. The van der Waals surface area contributed by atoms with Crippen LogP contribution in [0.25, 0.3) is 0 Å². The van der Waals surface area contributed by atoms with Gasteiger partial charge in [0, 0.05) is 31.3 Å². The molecule has 0 amide bonds. The lowest BCUT2D eigenvalue weighted by molar-refractivity contribution is 0.0145. The third-order valence-electron chi connectivity index (χ3n) is 4.68. The number of ether oxygens (including phenoxy) is 1. The average Bonchev–Trinajstić information content (AvgIpc) is 2.45. The topological polar surface area (TPSA) is 24.5 Å². The van der Waals surface area contributed by atoms with Crippen LogP contribution in [-0.4, -0.2) is 49.8 Å². The van der Waals surface area contributed by atoms with Gasteiger partial charge in [-0.2, -0.15) is 0 Å². The molecule has 2 atom stereocenters. The molecule has 0 aromatic rings. The molecule has 0 radical (unpaired) electrons. The summed E-state index contributed by atoms with van der Waals surface area (Å²) in [5.41, 5.74) is 0. The number of rotatable bonds is 5. The lowest BCUT2D eigenvalue weighted by atomic mass is 9.87. The van der Waals surface area contributed by atoms with Crippen molar-refractivity contribution in [2.45, 2.75) is 70.0 Å². The molecule has 0 spiro atoms. The van der Waals surface area contributed by atoms with Gasteiger partial charge in [0.25, 0.3) is 0 Å². The van der Waals surface area contributed by atoms with Gasteiger partial charge in [-0.05, 0) is 45.7 Å². The Bertz CT molecular complexity index is 229. The van der Waals surface area contributed by atoms with Crippen molar-refractivity contribution < 1.29 is 4.74 Å². The maximum Gasteiger partial charge on any atom is 0.0480 e. The number of likely N-dealkylation sites (N-methyl/N-ethyl adjacent to an activating group) is 1. The Labute approximate surface area is 112 Å². The third kappa shape index (κ3) is 3.69. The molecule has 1 heterocycles. The molecule has 2 unspecified atom stereocenters. The minimum atomic E-state index is 0.714. The summed E-state index contributed by atoms with van der Waals surface area (Å²) in [6, 6.07) is 2.20. The second kappa shape index (κ2) is 7.46. The average molecular weight is 254 g/mol. The van der Waals surface area contributed by atoms with Crippen LogP contribution in [0, 0.1) is 0 Å². The summed E-state index contributed by atoms with van der Waals surface area (Å²) >= 11 is 0. The Hall–Kier alpha value is -0.120. The van der Waals surface area contributed by atoms with E-state index < -0.39 is 0 Å². The summed E-state index contributed by atoms with van der Waals surface area (Å²) < 4.78 is 5.49. The van der Waals surface area contributed by atoms with Gasteiger partial charge in [-0.25, -0.2) is 0 Å². The predicted octanol–water partition coefficient (Wildman–Crippen LogP) is 2.41. The first-order chi connectivity index (χ1) is 8.83. The van der Waals surface area contributed by atoms with Gasteiger partial charge in [-0.1, -0.05) is 19.8 Å². The van der Waals surface area contributed by atoms with Crippen LogP contribution in [0.4, 0.5) is 0 Å². The van der Waals surface area contributed by atoms with E-state index in [9.17, 15) is 0 Å². The normalized spacial score (nSPS) is 30.8. The minimum absolute atomic E-state index is 0.714. The van der Waals surface area contributed by atoms with Crippen LogP contribution in [0.5, 0.6) is 0 Å². The molecule has 18 heavy (non-hydrogen) atoms. The maximum absolute atomic E-state index is 5.49. The van der Waals surface area contributed by atoms with Gasteiger partial charge in [0.15, 0.2) is 0 Å². The zero-order chi connectivity index (χ0) is 12.8. The molecular formula is C15H30N2O. The molecule has 2 aliphatic rings. The lowest BCUT2D eigenvalue weighted by Crippen LogP contribution is -2.54. The maximum atomic E-state index is 5.49. The van der Waals surface area contributed by atoms with E-state index in [1.165, 1.54) is 51.5 Å². The molecule has 1 saturated heterocycles. The lowest BCUT2D eigenvalue weighted by Gasteiger charge is -2.43. The monoisotopic (exact) mass is 254 g/mol. The van der Waals surface area contributed by atoms with Crippen LogP contribution in [0.3, 0.4) is 0 Å². The molecule has 3 heteroatoms. The number of hydrogen-bond acceptors (Lipinski definition) is 3. The van der Waals surface area contributed by atoms with E-state index in [2.05, 4.69) is 24.2 Å². The molecule has 0 aromatic carbocycles. The standard InChI is InChI=1S/C15H30N2O/c1-3-10-16-14-6-4-5-7-15(14)17(2)13-8-11-18-12-9-13/h13-16H,3-12H2,1-2H3. The molecule has 0 bridgehead atoms. The zero-order valence-electron chi connectivity index (χ0n) is 12.2. The number of nitrogens with zero attached hydrogens (tertiary/aromatic N) is 1. The van der Waals surface area contributed by atoms with Gasteiger partial charge >= 0.3 is 0 Å². The van der Waals surface area contributed by atoms with Crippen LogP contribution in [0.1, 0.15) is 51.9 Å². The van der Waals surface area contributed by atoms with Crippen LogP contribution in [0.2, 0.25) is 0 Å². The Morgan fingerprint density at radius 1 is 1.11 bits per heavy atom. The molecular weight excluding hydrogens is 224 g/mol. The highest BCUT2D eigenvalue weighted by molar-refractivity contribution is 4.90. The van der Waals surface area contributed by atoms with Gasteiger partial charge in [-0.15, -0.1) is 0 Å². The molecule has 2 rings (SSSR count). The first kappa shape index (κ1) is 14.3. The van der Waals surface area contributed by atoms with E-state index >= 15 is 0 Å². The zero-order valence-corrected chi connectivity index (χ0v) is 12.2.